The van der Waals surface area contributed by atoms with E-state index < -0.39 is 11.9 Å². The molecule has 0 unspecified atom stereocenters. The molecular formula is C20H22O6. The first kappa shape index (κ1) is 22.5. The Morgan fingerprint density at radius 1 is 0.654 bits per heavy atom. The van der Waals surface area contributed by atoms with E-state index in [0.29, 0.717) is 0 Å². The van der Waals surface area contributed by atoms with Gasteiger partial charge in [-0.05, 0) is 49.2 Å². The van der Waals surface area contributed by atoms with Gasteiger partial charge in [0.25, 0.3) is 0 Å². The maximum Gasteiger partial charge on any atom is 0.330 e. The third kappa shape index (κ3) is 9.57. The number of rotatable bonds is 3. The molecule has 138 valence electrons. The molecule has 0 aromatic heterocycles. The zero-order valence-electron chi connectivity index (χ0n) is 14.6. The van der Waals surface area contributed by atoms with E-state index in [1.165, 1.54) is 13.8 Å². The van der Waals surface area contributed by atoms with Crippen molar-refractivity contribution in [3.63, 3.8) is 0 Å². The van der Waals surface area contributed by atoms with Crippen LogP contribution in [0.2, 0.25) is 0 Å². The van der Waals surface area contributed by atoms with Gasteiger partial charge in [0, 0.05) is 11.1 Å². The maximum atomic E-state index is 9.60. The summed E-state index contributed by atoms with van der Waals surface area (Å²) in [6.45, 7) is 9.20. The molecule has 0 saturated carbocycles. The normalized spacial score (nSPS) is 8.85. The fraction of sp³-hybridized carbons (Fsp3) is 0.100. The minimum Gasteiger partial charge on any atom is -0.508 e. The van der Waals surface area contributed by atoms with Crippen LogP contribution in [0.15, 0.2) is 72.8 Å². The average molecular weight is 358 g/mol. The van der Waals surface area contributed by atoms with Gasteiger partial charge in [0.1, 0.15) is 11.5 Å². The fourth-order valence-electron chi connectivity index (χ4n) is 1.31. The zero-order valence-corrected chi connectivity index (χ0v) is 14.6. The molecule has 0 heterocycles. The topological polar surface area (TPSA) is 115 Å². The van der Waals surface area contributed by atoms with Gasteiger partial charge in [-0.1, -0.05) is 37.4 Å². The van der Waals surface area contributed by atoms with Gasteiger partial charge in [-0.25, -0.2) is 9.59 Å². The Balaban J connectivity index is 0.000000437. The molecule has 0 spiro atoms. The Morgan fingerprint density at radius 2 is 0.846 bits per heavy atom. The predicted octanol–water partition coefficient (Wildman–Crippen LogP) is 4.06. The van der Waals surface area contributed by atoms with E-state index in [1.807, 2.05) is 24.3 Å². The summed E-state index contributed by atoms with van der Waals surface area (Å²) in [6, 6.07) is 13.9. The van der Waals surface area contributed by atoms with Crippen LogP contribution < -0.4 is 0 Å². The van der Waals surface area contributed by atoms with E-state index >= 15 is 0 Å². The van der Waals surface area contributed by atoms with Crippen molar-refractivity contribution in [3.05, 3.63) is 72.8 Å². The summed E-state index contributed by atoms with van der Waals surface area (Å²) in [5, 5.41) is 34.0. The molecule has 0 saturated heterocycles. The Hall–Kier alpha value is -3.54. The SMILES string of the molecule is C=C(C)C(=O)O.C=C(C)C(=O)O.Oc1ccc(-c2ccc(O)cc2)cc1. The summed E-state index contributed by atoms with van der Waals surface area (Å²) >= 11 is 0. The monoisotopic (exact) mass is 358 g/mol. The van der Waals surface area contributed by atoms with E-state index in [1.54, 1.807) is 24.3 Å². The molecule has 4 N–H and O–H groups in total. The lowest BCUT2D eigenvalue weighted by Crippen LogP contribution is -1.92. The number of carbonyl (C=O) groups is 2. The smallest absolute Gasteiger partial charge is 0.330 e. The van der Waals surface area contributed by atoms with Crippen molar-refractivity contribution < 1.29 is 30.0 Å². The predicted molar refractivity (Wildman–Crippen MR) is 100 cm³/mol. The van der Waals surface area contributed by atoms with Crippen molar-refractivity contribution >= 4 is 11.9 Å². The highest BCUT2D eigenvalue weighted by atomic mass is 16.4. The second-order valence-corrected chi connectivity index (χ2v) is 5.26. The second kappa shape index (κ2) is 11.1. The van der Waals surface area contributed by atoms with E-state index in [0.717, 1.165) is 11.1 Å². The number of aliphatic carboxylic acids is 2. The molecule has 26 heavy (non-hydrogen) atoms. The highest BCUT2D eigenvalue weighted by Crippen LogP contribution is 2.23. The summed E-state index contributed by atoms with van der Waals surface area (Å²) in [5.74, 6) is -1.36. The number of phenols is 2. The van der Waals surface area contributed by atoms with Gasteiger partial charge in [-0.3, -0.25) is 0 Å². The number of aromatic hydroxyl groups is 2. The number of hydrogen-bond donors (Lipinski definition) is 4. The number of benzene rings is 2. The van der Waals surface area contributed by atoms with E-state index in [9.17, 15) is 9.59 Å². The minimum atomic E-state index is -0.935. The summed E-state index contributed by atoms with van der Waals surface area (Å²) in [4.78, 5) is 19.2. The van der Waals surface area contributed by atoms with Crippen LogP contribution in [0.25, 0.3) is 11.1 Å². The van der Waals surface area contributed by atoms with E-state index in [2.05, 4.69) is 13.2 Å². The molecule has 0 amide bonds. The third-order valence-electron chi connectivity index (χ3n) is 2.80. The molecule has 6 nitrogen and oxygen atoms in total. The Morgan fingerprint density at radius 3 is 1.00 bits per heavy atom. The van der Waals surface area contributed by atoms with Crippen LogP contribution >= 0.6 is 0 Å². The van der Waals surface area contributed by atoms with Gasteiger partial charge < -0.3 is 20.4 Å². The fourth-order valence-corrected chi connectivity index (χ4v) is 1.31. The lowest BCUT2D eigenvalue weighted by molar-refractivity contribution is -0.133. The zero-order chi connectivity index (χ0) is 20.3. The van der Waals surface area contributed by atoms with Gasteiger partial charge in [0.2, 0.25) is 0 Å². The van der Waals surface area contributed by atoms with Gasteiger partial charge in [-0.15, -0.1) is 0 Å². The molecule has 2 aromatic carbocycles. The summed E-state index contributed by atoms with van der Waals surface area (Å²) < 4.78 is 0. The first-order chi connectivity index (χ1) is 12.0. The van der Waals surface area contributed by atoms with Gasteiger partial charge in [-0.2, -0.15) is 0 Å². The lowest BCUT2D eigenvalue weighted by Gasteiger charge is -2.01. The molecule has 0 bridgehead atoms. The Kier molecular flexibility index (Phi) is 9.58. The minimum absolute atomic E-state index is 0.176. The third-order valence-corrected chi connectivity index (χ3v) is 2.80. The van der Waals surface area contributed by atoms with Crippen LogP contribution in [0.3, 0.4) is 0 Å². The van der Waals surface area contributed by atoms with Crippen LogP contribution in [0, 0.1) is 0 Å². The Labute approximate surface area is 152 Å². The van der Waals surface area contributed by atoms with Crippen LogP contribution in [0.4, 0.5) is 0 Å². The molecule has 0 fully saturated rings. The van der Waals surface area contributed by atoms with E-state index in [4.69, 9.17) is 20.4 Å². The maximum absolute atomic E-state index is 9.60. The summed E-state index contributed by atoms with van der Waals surface area (Å²) in [7, 11) is 0. The number of carboxylic acids is 2. The van der Waals surface area contributed by atoms with Crippen molar-refractivity contribution in [2.24, 2.45) is 0 Å². The van der Waals surface area contributed by atoms with Crippen molar-refractivity contribution in [3.8, 4) is 22.6 Å². The largest absolute Gasteiger partial charge is 0.508 e. The summed E-state index contributed by atoms with van der Waals surface area (Å²) in [5.41, 5.74) is 2.38. The van der Waals surface area contributed by atoms with Crippen molar-refractivity contribution in [2.45, 2.75) is 13.8 Å². The van der Waals surface area contributed by atoms with Crippen LogP contribution in [-0.4, -0.2) is 32.4 Å². The molecule has 0 aliphatic rings. The first-order valence-electron chi connectivity index (χ1n) is 7.40. The van der Waals surface area contributed by atoms with Gasteiger partial charge >= 0.3 is 11.9 Å². The van der Waals surface area contributed by atoms with E-state index in [-0.39, 0.29) is 22.6 Å². The van der Waals surface area contributed by atoms with Gasteiger partial charge in [0.05, 0.1) is 0 Å². The molecule has 2 rings (SSSR count). The standard InChI is InChI=1S/C12H10O2.2C4H6O2/c13-11-5-1-9(2-6-11)10-3-7-12(14)8-4-10;2*1-3(2)4(5)6/h1-8,13-14H;2*1H2,2H3,(H,5,6). The highest BCUT2D eigenvalue weighted by Gasteiger charge is 1.97. The molecule has 6 heteroatoms. The highest BCUT2D eigenvalue weighted by molar-refractivity contribution is 5.85. The van der Waals surface area contributed by atoms with Crippen molar-refractivity contribution in [1.82, 2.24) is 0 Å². The lowest BCUT2D eigenvalue weighted by atomic mass is 10.1. The molecule has 0 atom stereocenters. The van der Waals surface area contributed by atoms with Crippen LogP contribution in [0.1, 0.15) is 13.8 Å². The molecule has 0 aliphatic heterocycles. The first-order valence-corrected chi connectivity index (χ1v) is 7.40. The van der Waals surface area contributed by atoms with Crippen LogP contribution in [-0.2, 0) is 9.59 Å². The number of phenolic OH excluding ortho intramolecular Hbond substituents is 2. The molecular weight excluding hydrogens is 336 g/mol. The number of hydrogen-bond acceptors (Lipinski definition) is 4. The Bertz CT molecular complexity index is 666. The van der Waals surface area contributed by atoms with Crippen LogP contribution in [0.5, 0.6) is 11.5 Å². The quantitative estimate of drug-likeness (QED) is 0.615. The van der Waals surface area contributed by atoms with Crippen molar-refractivity contribution in [1.29, 1.82) is 0 Å². The van der Waals surface area contributed by atoms with Gasteiger partial charge in [0.15, 0.2) is 0 Å². The van der Waals surface area contributed by atoms with Crippen molar-refractivity contribution in [2.75, 3.05) is 0 Å². The molecule has 0 aliphatic carbocycles. The second-order valence-electron chi connectivity index (χ2n) is 5.26. The molecule has 0 radical (unpaired) electrons. The molecule has 2 aromatic rings. The average Bonchev–Trinajstić information content (AvgIpc) is 2.57. The number of carboxylic acid groups (broad SMARTS) is 2. The summed E-state index contributed by atoms with van der Waals surface area (Å²) in [6.07, 6.45) is 0.